The molecule has 0 saturated heterocycles. The molecule has 27 heavy (non-hydrogen) atoms. The molecule has 0 atom stereocenters. The summed E-state index contributed by atoms with van der Waals surface area (Å²) in [5.41, 5.74) is 0.640. The fraction of sp³-hybridized carbons (Fsp3) is 0.278. The molecule has 2 rings (SSSR count). The number of ether oxygens (including phenoxy) is 2. The second-order valence-electron chi connectivity index (χ2n) is 5.59. The topological polar surface area (TPSA) is 93.7 Å². The van der Waals surface area contributed by atoms with Crippen molar-refractivity contribution in [3.8, 4) is 11.5 Å². The lowest BCUT2D eigenvalue weighted by Crippen LogP contribution is -2.30. The molecule has 2 aromatic rings. The highest BCUT2D eigenvalue weighted by molar-refractivity contribution is 7.90. The van der Waals surface area contributed by atoms with Gasteiger partial charge in [0.05, 0.1) is 18.0 Å². The Morgan fingerprint density at radius 3 is 2.41 bits per heavy atom. The van der Waals surface area contributed by atoms with Gasteiger partial charge in [0.25, 0.3) is 0 Å². The third kappa shape index (κ3) is 7.96. The van der Waals surface area contributed by atoms with E-state index < -0.39 is 9.84 Å². The van der Waals surface area contributed by atoms with Gasteiger partial charge in [0.2, 0.25) is 5.91 Å². The number of rotatable bonds is 9. The molecule has 0 spiro atoms. The van der Waals surface area contributed by atoms with Crippen LogP contribution in [0.4, 0.5) is 5.69 Å². The van der Waals surface area contributed by atoms with Crippen molar-refractivity contribution in [2.75, 3.05) is 38.4 Å². The summed E-state index contributed by atoms with van der Waals surface area (Å²) in [5, 5.41) is 5.72. The molecule has 0 heterocycles. The second-order valence-corrected chi connectivity index (χ2v) is 7.61. The van der Waals surface area contributed by atoms with Gasteiger partial charge in [-0.2, -0.15) is 0 Å². The van der Waals surface area contributed by atoms with Crippen molar-refractivity contribution in [1.82, 2.24) is 5.32 Å². The molecule has 0 aliphatic rings. The van der Waals surface area contributed by atoms with Gasteiger partial charge in [-0.15, -0.1) is 12.4 Å². The quantitative estimate of drug-likeness (QED) is 0.612. The number of amides is 1. The van der Waals surface area contributed by atoms with Crippen LogP contribution in [-0.4, -0.2) is 47.4 Å². The molecule has 2 N–H and O–H groups in total. The Morgan fingerprint density at radius 2 is 1.78 bits per heavy atom. The Bertz CT molecular complexity index is 841. The molecule has 0 aromatic heterocycles. The Hall–Kier alpha value is -2.13. The zero-order valence-electron chi connectivity index (χ0n) is 15.1. The van der Waals surface area contributed by atoms with Gasteiger partial charge in [-0.25, -0.2) is 8.42 Å². The summed E-state index contributed by atoms with van der Waals surface area (Å²) < 4.78 is 33.7. The van der Waals surface area contributed by atoms with Gasteiger partial charge in [-0.05, 0) is 42.5 Å². The maximum Gasteiger partial charge on any atom is 0.238 e. The molecule has 1 amide bonds. The monoisotopic (exact) mass is 414 g/mol. The summed E-state index contributed by atoms with van der Waals surface area (Å²) >= 11 is 0. The number of hydrogen-bond donors (Lipinski definition) is 2. The maximum atomic E-state index is 11.8. The smallest absolute Gasteiger partial charge is 0.238 e. The average Bonchev–Trinajstić information content (AvgIpc) is 2.60. The van der Waals surface area contributed by atoms with Gasteiger partial charge >= 0.3 is 0 Å². The van der Waals surface area contributed by atoms with Crippen LogP contribution in [0.1, 0.15) is 0 Å². The molecule has 0 bridgehead atoms. The molecular formula is C18H23ClN2O5S. The van der Waals surface area contributed by atoms with Gasteiger partial charge in [0, 0.05) is 25.6 Å². The van der Waals surface area contributed by atoms with E-state index in [1.165, 1.54) is 12.1 Å². The number of nitrogens with one attached hydrogen (secondary N) is 2. The number of sulfone groups is 1. The van der Waals surface area contributed by atoms with E-state index in [1.807, 2.05) is 0 Å². The summed E-state index contributed by atoms with van der Waals surface area (Å²) in [6.45, 7) is 1.34. The third-order valence-electron chi connectivity index (χ3n) is 3.38. The number of carbonyl (C=O) groups is 1. The average molecular weight is 415 g/mol. The number of anilines is 1. The molecule has 0 aliphatic carbocycles. The van der Waals surface area contributed by atoms with Crippen molar-refractivity contribution in [3.05, 3.63) is 48.5 Å². The SMILES string of the molecule is COCCNCC(=O)Nc1ccc(Oc2cccc(S(C)(=O)=O)c2)cc1.Cl. The minimum Gasteiger partial charge on any atom is -0.457 e. The molecule has 7 nitrogen and oxygen atoms in total. The molecule has 0 radical (unpaired) electrons. The van der Waals surface area contributed by atoms with Gasteiger partial charge < -0.3 is 20.1 Å². The maximum absolute atomic E-state index is 11.8. The van der Waals surface area contributed by atoms with Crippen LogP contribution in [0.2, 0.25) is 0 Å². The van der Waals surface area contributed by atoms with Crippen LogP contribution in [0.15, 0.2) is 53.4 Å². The van der Waals surface area contributed by atoms with E-state index in [-0.39, 0.29) is 29.8 Å². The fourth-order valence-corrected chi connectivity index (χ4v) is 2.75. The molecule has 0 saturated carbocycles. The molecule has 9 heteroatoms. The van der Waals surface area contributed by atoms with E-state index in [0.29, 0.717) is 30.3 Å². The van der Waals surface area contributed by atoms with Crippen molar-refractivity contribution >= 4 is 33.8 Å². The van der Waals surface area contributed by atoms with E-state index in [1.54, 1.807) is 43.5 Å². The highest BCUT2D eigenvalue weighted by Gasteiger charge is 2.08. The molecule has 0 aliphatic heterocycles. The minimum absolute atomic E-state index is 0. The summed E-state index contributed by atoms with van der Waals surface area (Å²) in [7, 11) is -1.69. The Kier molecular flexibility index (Phi) is 9.23. The molecule has 0 unspecified atom stereocenters. The zero-order chi connectivity index (χ0) is 19.0. The summed E-state index contributed by atoms with van der Waals surface area (Å²) in [6.07, 6.45) is 1.15. The molecule has 2 aromatic carbocycles. The van der Waals surface area contributed by atoms with Crippen LogP contribution in [0, 0.1) is 0 Å². The first kappa shape index (κ1) is 22.9. The predicted molar refractivity (Wildman–Crippen MR) is 107 cm³/mol. The van der Waals surface area contributed by atoms with Crippen molar-refractivity contribution in [3.63, 3.8) is 0 Å². The summed E-state index contributed by atoms with van der Waals surface area (Å²) in [6, 6.07) is 13.1. The lowest BCUT2D eigenvalue weighted by Gasteiger charge is -2.09. The zero-order valence-corrected chi connectivity index (χ0v) is 16.7. The first-order valence-electron chi connectivity index (χ1n) is 7.96. The van der Waals surface area contributed by atoms with E-state index in [9.17, 15) is 13.2 Å². The largest absolute Gasteiger partial charge is 0.457 e. The number of carbonyl (C=O) groups excluding carboxylic acids is 1. The first-order valence-corrected chi connectivity index (χ1v) is 9.85. The minimum atomic E-state index is -3.29. The van der Waals surface area contributed by atoms with Gasteiger partial charge in [0.15, 0.2) is 9.84 Å². The van der Waals surface area contributed by atoms with Crippen LogP contribution in [0.3, 0.4) is 0 Å². The van der Waals surface area contributed by atoms with Crippen LogP contribution in [0.5, 0.6) is 11.5 Å². The number of halogens is 1. The summed E-state index contributed by atoms with van der Waals surface area (Å²) in [4.78, 5) is 12.0. The van der Waals surface area contributed by atoms with Crippen molar-refractivity contribution < 1.29 is 22.7 Å². The highest BCUT2D eigenvalue weighted by Crippen LogP contribution is 2.25. The van der Waals surface area contributed by atoms with Crippen molar-refractivity contribution in [2.24, 2.45) is 0 Å². The molecule has 0 fully saturated rings. The predicted octanol–water partition coefficient (Wildman–Crippen LogP) is 2.48. The summed E-state index contributed by atoms with van der Waals surface area (Å²) in [5.74, 6) is 0.801. The molecule has 148 valence electrons. The van der Waals surface area contributed by atoms with Crippen LogP contribution < -0.4 is 15.4 Å². The lowest BCUT2D eigenvalue weighted by molar-refractivity contribution is -0.115. The van der Waals surface area contributed by atoms with Gasteiger partial charge in [-0.1, -0.05) is 6.07 Å². The molecular weight excluding hydrogens is 392 g/mol. The van der Waals surface area contributed by atoms with Crippen LogP contribution in [0.25, 0.3) is 0 Å². The van der Waals surface area contributed by atoms with Crippen molar-refractivity contribution in [2.45, 2.75) is 4.90 Å². The number of benzene rings is 2. The Labute approximate surface area is 165 Å². The van der Waals surface area contributed by atoms with Crippen LogP contribution in [-0.2, 0) is 19.4 Å². The van der Waals surface area contributed by atoms with Gasteiger partial charge in [-0.3, -0.25) is 4.79 Å². The third-order valence-corrected chi connectivity index (χ3v) is 4.49. The van der Waals surface area contributed by atoms with Crippen molar-refractivity contribution in [1.29, 1.82) is 0 Å². The van der Waals surface area contributed by atoms with E-state index in [0.717, 1.165) is 6.26 Å². The first-order chi connectivity index (χ1) is 12.4. The van der Waals surface area contributed by atoms with Gasteiger partial charge in [0.1, 0.15) is 11.5 Å². The fourth-order valence-electron chi connectivity index (χ4n) is 2.09. The Balaban J connectivity index is 0.00000364. The second kappa shape index (κ2) is 10.9. The number of hydrogen-bond acceptors (Lipinski definition) is 6. The van der Waals surface area contributed by atoms with Crippen LogP contribution >= 0.6 is 12.4 Å². The van der Waals surface area contributed by atoms with E-state index in [2.05, 4.69) is 10.6 Å². The normalized spacial score (nSPS) is 10.7. The van der Waals surface area contributed by atoms with E-state index >= 15 is 0 Å². The standard InChI is InChI=1S/C18H22N2O5S.ClH/c1-24-11-10-19-13-18(21)20-14-6-8-15(9-7-14)25-16-4-3-5-17(12-16)26(2,22)23;/h3-9,12,19H,10-11,13H2,1-2H3,(H,20,21);1H. The lowest BCUT2D eigenvalue weighted by atomic mass is 10.3. The number of methoxy groups -OCH3 is 1. The van der Waals surface area contributed by atoms with E-state index in [4.69, 9.17) is 9.47 Å². The Morgan fingerprint density at radius 1 is 1.07 bits per heavy atom. The highest BCUT2D eigenvalue weighted by atomic mass is 35.5.